The molecule has 0 bridgehead atoms. The topological polar surface area (TPSA) is 108 Å². The fourth-order valence-electron chi connectivity index (χ4n) is 1.89. The van der Waals surface area contributed by atoms with Gasteiger partial charge in [-0.15, -0.1) is 11.3 Å². The third-order valence-electron chi connectivity index (χ3n) is 2.79. The first-order valence-corrected chi connectivity index (χ1v) is 6.92. The van der Waals surface area contributed by atoms with Crippen LogP contribution < -0.4 is 5.32 Å². The van der Waals surface area contributed by atoms with Crippen molar-refractivity contribution in [1.82, 2.24) is 15.2 Å². The van der Waals surface area contributed by atoms with Crippen LogP contribution >= 0.6 is 11.3 Å². The largest absolute Gasteiger partial charge is 0.481 e. The van der Waals surface area contributed by atoms with Gasteiger partial charge in [0.2, 0.25) is 0 Å². The van der Waals surface area contributed by atoms with E-state index in [2.05, 4.69) is 20.5 Å². The lowest BCUT2D eigenvalue weighted by Crippen LogP contribution is -2.12. The minimum absolute atomic E-state index is 0.169. The summed E-state index contributed by atoms with van der Waals surface area (Å²) in [7, 11) is 0. The van der Waals surface area contributed by atoms with Crippen molar-refractivity contribution in [2.45, 2.75) is 6.42 Å². The molecule has 21 heavy (non-hydrogen) atoms. The number of H-pyrrole nitrogens is 1. The van der Waals surface area contributed by atoms with Gasteiger partial charge in [-0.25, -0.2) is 4.98 Å². The van der Waals surface area contributed by atoms with E-state index >= 15 is 0 Å². The lowest BCUT2D eigenvalue weighted by molar-refractivity contribution is -0.136. The molecule has 106 valence electrons. The number of carbonyl (C=O) groups excluding carboxylic acids is 1. The molecule has 3 rings (SSSR count). The third kappa shape index (κ3) is 2.75. The number of aromatic nitrogens is 3. The normalized spacial score (nSPS) is 10.7. The molecule has 0 radical (unpaired) electrons. The molecule has 0 saturated heterocycles. The van der Waals surface area contributed by atoms with Gasteiger partial charge in [0.15, 0.2) is 10.8 Å². The Balaban J connectivity index is 1.80. The lowest BCUT2D eigenvalue weighted by Gasteiger charge is -1.98. The molecule has 3 N–H and O–H groups in total. The van der Waals surface area contributed by atoms with Crippen molar-refractivity contribution >= 4 is 39.2 Å². The highest BCUT2D eigenvalue weighted by atomic mass is 32.1. The van der Waals surface area contributed by atoms with Gasteiger partial charge < -0.3 is 5.11 Å². The fourth-order valence-corrected chi connectivity index (χ4v) is 2.60. The van der Waals surface area contributed by atoms with Crippen LogP contribution in [0.25, 0.3) is 10.9 Å². The number of thiazole rings is 1. The van der Waals surface area contributed by atoms with Crippen molar-refractivity contribution in [3.05, 3.63) is 41.0 Å². The highest BCUT2D eigenvalue weighted by molar-refractivity contribution is 7.14. The van der Waals surface area contributed by atoms with Crippen molar-refractivity contribution in [2.75, 3.05) is 5.32 Å². The van der Waals surface area contributed by atoms with Crippen LogP contribution in [0.4, 0.5) is 5.13 Å². The van der Waals surface area contributed by atoms with Crippen molar-refractivity contribution in [1.29, 1.82) is 0 Å². The van der Waals surface area contributed by atoms with Crippen molar-refractivity contribution in [2.24, 2.45) is 0 Å². The molecule has 0 aliphatic rings. The second kappa shape index (κ2) is 5.33. The SMILES string of the molecule is O=C(O)Cc1csc(NC(=O)c2n[nH]c3ccccc23)n1. The number of carboxylic acids is 1. The maximum atomic E-state index is 12.2. The average Bonchev–Trinajstić information content (AvgIpc) is 3.04. The van der Waals surface area contributed by atoms with E-state index in [-0.39, 0.29) is 18.0 Å². The maximum Gasteiger partial charge on any atom is 0.309 e. The molecule has 0 spiro atoms. The van der Waals surface area contributed by atoms with Gasteiger partial charge in [0.1, 0.15) is 0 Å². The zero-order chi connectivity index (χ0) is 14.8. The number of carboxylic acid groups (broad SMARTS) is 1. The monoisotopic (exact) mass is 302 g/mol. The van der Waals surface area contributed by atoms with Crippen molar-refractivity contribution in [3.8, 4) is 0 Å². The highest BCUT2D eigenvalue weighted by Crippen LogP contribution is 2.19. The lowest BCUT2D eigenvalue weighted by atomic mass is 10.2. The summed E-state index contributed by atoms with van der Waals surface area (Å²) in [5, 5.41) is 20.8. The van der Waals surface area contributed by atoms with Crippen molar-refractivity contribution < 1.29 is 14.7 Å². The van der Waals surface area contributed by atoms with Crippen LogP contribution in [0.2, 0.25) is 0 Å². The van der Waals surface area contributed by atoms with E-state index in [1.165, 1.54) is 11.3 Å². The molecule has 0 saturated carbocycles. The molecular weight excluding hydrogens is 292 g/mol. The van der Waals surface area contributed by atoms with Crippen LogP contribution in [-0.4, -0.2) is 32.2 Å². The standard InChI is InChI=1S/C13H10N4O3S/c18-10(19)5-7-6-21-13(14-7)15-12(20)11-8-3-1-2-4-9(8)16-17-11/h1-4,6H,5H2,(H,16,17)(H,18,19)(H,14,15,20). The molecule has 1 aromatic carbocycles. The summed E-state index contributed by atoms with van der Waals surface area (Å²) in [5.74, 6) is -1.35. The Labute approximate surface area is 122 Å². The number of nitrogens with zero attached hydrogens (tertiary/aromatic N) is 2. The molecule has 2 aromatic heterocycles. The summed E-state index contributed by atoms with van der Waals surface area (Å²) in [5.41, 5.74) is 1.46. The Morgan fingerprint density at radius 2 is 2.14 bits per heavy atom. The molecule has 7 nitrogen and oxygen atoms in total. The second-order valence-electron chi connectivity index (χ2n) is 4.29. The number of hydrogen-bond acceptors (Lipinski definition) is 5. The molecule has 2 heterocycles. The smallest absolute Gasteiger partial charge is 0.309 e. The van der Waals surface area contributed by atoms with Gasteiger partial charge in [0.05, 0.1) is 17.6 Å². The van der Waals surface area contributed by atoms with Crippen molar-refractivity contribution in [3.63, 3.8) is 0 Å². The molecule has 0 fully saturated rings. The number of nitrogens with one attached hydrogen (secondary N) is 2. The Bertz CT molecular complexity index is 824. The van der Waals surface area contributed by atoms with Gasteiger partial charge in [-0.3, -0.25) is 20.0 Å². The van der Waals surface area contributed by atoms with Crippen LogP contribution in [0, 0.1) is 0 Å². The maximum absolute atomic E-state index is 12.2. The number of benzene rings is 1. The molecule has 3 aromatic rings. The van der Waals surface area contributed by atoms with E-state index in [4.69, 9.17) is 5.11 Å². The summed E-state index contributed by atoms with van der Waals surface area (Å²) in [6, 6.07) is 7.29. The summed E-state index contributed by atoms with van der Waals surface area (Å²) in [4.78, 5) is 26.8. The fraction of sp³-hybridized carbons (Fsp3) is 0.0769. The van der Waals surface area contributed by atoms with E-state index in [0.29, 0.717) is 10.8 Å². The number of aliphatic carboxylic acids is 1. The number of hydrogen-bond donors (Lipinski definition) is 3. The predicted octanol–water partition coefficient (Wildman–Crippen LogP) is 1.90. The second-order valence-corrected chi connectivity index (χ2v) is 5.14. The Morgan fingerprint density at radius 3 is 2.95 bits per heavy atom. The number of carbonyl (C=O) groups is 2. The van der Waals surface area contributed by atoms with Gasteiger partial charge in [-0.1, -0.05) is 18.2 Å². The van der Waals surface area contributed by atoms with E-state index in [1.54, 1.807) is 11.4 Å². The Hall–Kier alpha value is -2.74. The molecule has 1 amide bonds. The molecule has 0 aliphatic carbocycles. The Morgan fingerprint density at radius 1 is 1.33 bits per heavy atom. The van der Waals surface area contributed by atoms with E-state index in [0.717, 1.165) is 10.9 Å². The average molecular weight is 302 g/mol. The van der Waals surface area contributed by atoms with Crippen LogP contribution in [0.5, 0.6) is 0 Å². The van der Waals surface area contributed by atoms with Crippen LogP contribution in [0.3, 0.4) is 0 Å². The molecule has 8 heteroatoms. The minimum Gasteiger partial charge on any atom is -0.481 e. The molecular formula is C13H10N4O3S. The third-order valence-corrected chi connectivity index (χ3v) is 3.60. The summed E-state index contributed by atoms with van der Waals surface area (Å²) in [6.07, 6.45) is -0.169. The molecule has 0 atom stereocenters. The molecule has 0 unspecified atom stereocenters. The summed E-state index contributed by atoms with van der Waals surface area (Å²) < 4.78 is 0. The number of fused-ring (bicyclic) bond motifs is 1. The number of aromatic amines is 1. The summed E-state index contributed by atoms with van der Waals surface area (Å²) >= 11 is 1.18. The predicted molar refractivity (Wildman–Crippen MR) is 77.5 cm³/mol. The van der Waals surface area contributed by atoms with Gasteiger partial charge in [-0.2, -0.15) is 5.10 Å². The highest BCUT2D eigenvalue weighted by Gasteiger charge is 2.15. The van der Waals surface area contributed by atoms with Crippen LogP contribution in [0.15, 0.2) is 29.6 Å². The van der Waals surface area contributed by atoms with Gasteiger partial charge in [0, 0.05) is 10.8 Å². The minimum atomic E-state index is -0.962. The van der Waals surface area contributed by atoms with E-state index in [1.807, 2.05) is 18.2 Å². The van der Waals surface area contributed by atoms with Crippen LogP contribution in [0.1, 0.15) is 16.2 Å². The zero-order valence-corrected chi connectivity index (χ0v) is 11.5. The number of para-hydroxylation sites is 1. The first-order valence-electron chi connectivity index (χ1n) is 6.04. The number of amides is 1. The quantitative estimate of drug-likeness (QED) is 0.682. The zero-order valence-electron chi connectivity index (χ0n) is 10.7. The van der Waals surface area contributed by atoms with E-state index < -0.39 is 5.97 Å². The molecule has 0 aliphatic heterocycles. The van der Waals surface area contributed by atoms with Gasteiger partial charge in [-0.05, 0) is 6.07 Å². The van der Waals surface area contributed by atoms with Crippen LogP contribution in [-0.2, 0) is 11.2 Å². The summed E-state index contributed by atoms with van der Waals surface area (Å²) in [6.45, 7) is 0. The first-order chi connectivity index (χ1) is 10.1. The first kappa shape index (κ1) is 13.3. The Kier molecular flexibility index (Phi) is 3.36. The number of rotatable bonds is 4. The van der Waals surface area contributed by atoms with Gasteiger partial charge >= 0.3 is 5.97 Å². The van der Waals surface area contributed by atoms with Gasteiger partial charge in [0.25, 0.3) is 5.91 Å². The van der Waals surface area contributed by atoms with E-state index in [9.17, 15) is 9.59 Å². The number of anilines is 1.